The Hall–Kier alpha value is -0.900. The van der Waals surface area contributed by atoms with Crippen molar-refractivity contribution in [1.82, 2.24) is 14.7 Å². The molecule has 1 heterocycles. The van der Waals surface area contributed by atoms with Gasteiger partial charge >= 0.3 is 0 Å². The lowest BCUT2D eigenvalue weighted by atomic mass is 10.3. The first-order valence-electron chi connectivity index (χ1n) is 5.37. The van der Waals surface area contributed by atoms with Crippen LogP contribution in [0.15, 0.2) is 17.3 Å². The molecule has 7 nitrogen and oxygen atoms in total. The van der Waals surface area contributed by atoms with Crippen LogP contribution in [0.2, 0.25) is 0 Å². The molecule has 0 aromatic carbocycles. The summed E-state index contributed by atoms with van der Waals surface area (Å²) < 4.78 is 26.1. The Morgan fingerprint density at radius 3 is 2.56 bits per heavy atom. The fourth-order valence-electron chi connectivity index (χ4n) is 1.19. The van der Waals surface area contributed by atoms with Crippen molar-refractivity contribution in [3.8, 4) is 0 Å². The Morgan fingerprint density at radius 2 is 2.00 bits per heavy atom. The topological polar surface area (TPSA) is 110 Å². The molecule has 0 amide bonds. The molecule has 0 unspecified atom stereocenters. The predicted molar refractivity (Wildman–Crippen MR) is 72.6 cm³/mol. The molecule has 0 spiro atoms. The van der Waals surface area contributed by atoms with Gasteiger partial charge in [0.2, 0.25) is 16.0 Å². The summed E-state index contributed by atoms with van der Waals surface area (Å²) in [5.74, 6) is 6.30. The van der Waals surface area contributed by atoms with Gasteiger partial charge in [-0.2, -0.15) is 11.8 Å². The molecule has 9 heteroatoms. The van der Waals surface area contributed by atoms with E-state index < -0.39 is 10.0 Å². The third-order valence-corrected chi connectivity index (χ3v) is 4.25. The van der Waals surface area contributed by atoms with Crippen LogP contribution in [-0.2, 0) is 10.0 Å². The average Bonchev–Trinajstić information content (AvgIpc) is 2.38. The van der Waals surface area contributed by atoms with Crippen molar-refractivity contribution in [2.24, 2.45) is 5.84 Å². The van der Waals surface area contributed by atoms with E-state index in [-0.39, 0.29) is 10.8 Å². The summed E-state index contributed by atoms with van der Waals surface area (Å²) >= 11 is 1.74. The first-order valence-corrected chi connectivity index (χ1v) is 8.25. The van der Waals surface area contributed by atoms with Gasteiger partial charge in [-0.1, -0.05) is 0 Å². The molecule has 0 bridgehead atoms. The van der Waals surface area contributed by atoms with Crippen LogP contribution in [0.5, 0.6) is 0 Å². The minimum atomic E-state index is -3.52. The van der Waals surface area contributed by atoms with Crippen LogP contribution >= 0.6 is 11.8 Å². The Balaban J connectivity index is 2.51. The van der Waals surface area contributed by atoms with Gasteiger partial charge in [-0.05, 0) is 24.9 Å². The van der Waals surface area contributed by atoms with Crippen LogP contribution in [0.1, 0.15) is 12.8 Å². The third kappa shape index (κ3) is 4.77. The molecule has 0 aliphatic rings. The molecule has 1 aromatic heterocycles. The highest BCUT2D eigenvalue weighted by molar-refractivity contribution is 7.98. The van der Waals surface area contributed by atoms with Crippen molar-refractivity contribution in [1.29, 1.82) is 0 Å². The smallest absolute Gasteiger partial charge is 0.243 e. The monoisotopic (exact) mass is 291 g/mol. The Morgan fingerprint density at radius 1 is 1.33 bits per heavy atom. The first kappa shape index (κ1) is 15.2. The summed E-state index contributed by atoms with van der Waals surface area (Å²) in [7, 11) is -3.52. The van der Waals surface area contributed by atoms with Crippen molar-refractivity contribution in [3.63, 3.8) is 0 Å². The molecule has 0 aliphatic heterocycles. The number of thioether (sulfide) groups is 1. The van der Waals surface area contributed by atoms with Gasteiger partial charge in [-0.25, -0.2) is 29.0 Å². The number of aromatic nitrogens is 2. The molecule has 0 atom stereocenters. The fraction of sp³-hybridized carbons (Fsp3) is 0.556. The number of hydrazine groups is 1. The van der Waals surface area contributed by atoms with Crippen molar-refractivity contribution in [2.45, 2.75) is 17.7 Å². The van der Waals surface area contributed by atoms with Crippen molar-refractivity contribution in [2.75, 3.05) is 24.0 Å². The molecular formula is C9H17N5O2S2. The summed E-state index contributed by atoms with van der Waals surface area (Å²) in [5.41, 5.74) is 2.23. The second kappa shape index (κ2) is 7.52. The number of nitrogen functional groups attached to an aromatic ring is 1. The molecule has 1 rings (SSSR count). The maximum Gasteiger partial charge on any atom is 0.243 e. The second-order valence-corrected chi connectivity index (χ2v) is 6.24. The van der Waals surface area contributed by atoms with Crippen LogP contribution in [-0.4, -0.2) is 36.9 Å². The number of nitrogens with zero attached hydrogens (tertiary/aromatic N) is 2. The lowest BCUT2D eigenvalue weighted by Gasteiger charge is -2.06. The normalized spacial score (nSPS) is 11.4. The van der Waals surface area contributed by atoms with E-state index in [0.29, 0.717) is 6.54 Å². The fourth-order valence-corrected chi connectivity index (χ4v) is 2.65. The zero-order valence-electron chi connectivity index (χ0n) is 10.1. The summed E-state index contributed by atoms with van der Waals surface area (Å²) in [5, 5.41) is 0. The second-order valence-electron chi connectivity index (χ2n) is 3.48. The largest absolute Gasteiger partial charge is 0.292 e. The van der Waals surface area contributed by atoms with E-state index in [4.69, 9.17) is 5.84 Å². The van der Waals surface area contributed by atoms with Crippen LogP contribution in [0.25, 0.3) is 0 Å². The van der Waals surface area contributed by atoms with Crippen LogP contribution in [0.3, 0.4) is 0 Å². The van der Waals surface area contributed by atoms with Crippen molar-refractivity contribution >= 4 is 27.7 Å². The van der Waals surface area contributed by atoms with Crippen LogP contribution in [0, 0.1) is 0 Å². The first-order chi connectivity index (χ1) is 8.60. The quantitative estimate of drug-likeness (QED) is 0.356. The molecule has 0 radical (unpaired) electrons. The summed E-state index contributed by atoms with van der Waals surface area (Å²) in [6, 6.07) is 0. The minimum absolute atomic E-state index is 0.0337. The number of sulfonamides is 1. The summed E-state index contributed by atoms with van der Waals surface area (Å²) in [4.78, 5) is 7.54. The van der Waals surface area contributed by atoms with Crippen molar-refractivity contribution < 1.29 is 8.42 Å². The zero-order chi connectivity index (χ0) is 13.4. The summed E-state index contributed by atoms with van der Waals surface area (Å²) in [6.45, 7) is 0.416. The van der Waals surface area contributed by atoms with E-state index >= 15 is 0 Å². The lowest BCUT2D eigenvalue weighted by Crippen LogP contribution is -2.25. The van der Waals surface area contributed by atoms with Gasteiger partial charge in [-0.3, -0.25) is 5.43 Å². The number of hydrogen-bond acceptors (Lipinski definition) is 7. The molecular weight excluding hydrogens is 274 g/mol. The standard InChI is InChI=1S/C9H17N5O2S2/c1-17-5-3-2-4-13-18(15,16)8-6-11-9(14-10)12-7-8/h6-7,13H,2-5,10H2,1H3,(H,11,12,14). The maximum atomic E-state index is 11.8. The van der Waals surface area contributed by atoms with Crippen LogP contribution < -0.4 is 16.0 Å². The van der Waals surface area contributed by atoms with Gasteiger partial charge in [0.25, 0.3) is 0 Å². The molecule has 102 valence electrons. The third-order valence-electron chi connectivity index (χ3n) is 2.13. The van der Waals surface area contributed by atoms with Gasteiger partial charge in [0, 0.05) is 6.54 Å². The maximum absolute atomic E-state index is 11.8. The van der Waals surface area contributed by atoms with Gasteiger partial charge in [-0.15, -0.1) is 0 Å². The Kier molecular flexibility index (Phi) is 6.33. The molecule has 0 fully saturated rings. The number of hydrogen-bond donors (Lipinski definition) is 3. The van der Waals surface area contributed by atoms with E-state index in [0.717, 1.165) is 18.6 Å². The molecule has 0 aliphatic carbocycles. The Bertz CT molecular complexity index is 449. The number of rotatable bonds is 8. The molecule has 4 N–H and O–H groups in total. The summed E-state index contributed by atoms with van der Waals surface area (Å²) in [6.07, 6.45) is 6.24. The van der Waals surface area contributed by atoms with E-state index in [1.165, 1.54) is 12.4 Å². The average molecular weight is 291 g/mol. The highest BCUT2D eigenvalue weighted by atomic mass is 32.2. The highest BCUT2D eigenvalue weighted by Gasteiger charge is 2.14. The van der Waals surface area contributed by atoms with E-state index in [9.17, 15) is 8.42 Å². The number of nitrogens with two attached hydrogens (primary N) is 1. The van der Waals surface area contributed by atoms with Crippen molar-refractivity contribution in [3.05, 3.63) is 12.4 Å². The molecule has 0 saturated carbocycles. The SMILES string of the molecule is CSCCCCNS(=O)(=O)c1cnc(NN)nc1. The number of nitrogens with one attached hydrogen (secondary N) is 2. The van der Waals surface area contributed by atoms with Gasteiger partial charge in [0.1, 0.15) is 4.90 Å². The molecule has 18 heavy (non-hydrogen) atoms. The van der Waals surface area contributed by atoms with E-state index in [1.54, 1.807) is 11.8 Å². The highest BCUT2D eigenvalue weighted by Crippen LogP contribution is 2.07. The van der Waals surface area contributed by atoms with Crippen LogP contribution in [0.4, 0.5) is 5.95 Å². The minimum Gasteiger partial charge on any atom is -0.292 e. The Labute approximate surface area is 111 Å². The number of anilines is 1. The number of unbranched alkanes of at least 4 members (excludes halogenated alkanes) is 1. The molecule has 1 aromatic rings. The van der Waals surface area contributed by atoms with Gasteiger partial charge in [0.15, 0.2) is 0 Å². The van der Waals surface area contributed by atoms with E-state index in [1.807, 2.05) is 6.26 Å². The predicted octanol–water partition coefficient (Wildman–Crippen LogP) is 0.184. The lowest BCUT2D eigenvalue weighted by molar-refractivity contribution is 0.577. The molecule has 0 saturated heterocycles. The zero-order valence-corrected chi connectivity index (χ0v) is 11.7. The van der Waals surface area contributed by atoms with Gasteiger partial charge in [0.05, 0.1) is 12.4 Å². The van der Waals surface area contributed by atoms with E-state index in [2.05, 4.69) is 20.1 Å². The van der Waals surface area contributed by atoms with Gasteiger partial charge < -0.3 is 0 Å².